The third-order valence-corrected chi connectivity index (χ3v) is 4.32. The van der Waals surface area contributed by atoms with Crippen LogP contribution in [0.2, 0.25) is 0 Å². The molecule has 1 heterocycles. The lowest BCUT2D eigenvalue weighted by Gasteiger charge is -2.45. The van der Waals surface area contributed by atoms with Crippen LogP contribution in [0, 0.1) is 5.92 Å². The molecule has 0 unspecified atom stereocenters. The zero-order chi connectivity index (χ0) is 13.6. The summed E-state index contributed by atoms with van der Waals surface area (Å²) in [4.78, 5) is 4.59. The molecule has 2 aliphatic rings. The van der Waals surface area contributed by atoms with Gasteiger partial charge in [-0.15, -0.1) is 0 Å². The van der Waals surface area contributed by atoms with E-state index in [-0.39, 0.29) is 5.54 Å². The van der Waals surface area contributed by atoms with E-state index in [1.54, 1.807) is 7.11 Å². The predicted octanol–water partition coefficient (Wildman–Crippen LogP) is 2.71. The maximum atomic E-state index is 6.76. The topological polar surface area (TPSA) is 48.1 Å². The summed E-state index contributed by atoms with van der Waals surface area (Å²) in [6.07, 6.45) is 6.32. The van der Waals surface area contributed by atoms with Crippen LogP contribution in [0.15, 0.2) is 35.4 Å². The summed E-state index contributed by atoms with van der Waals surface area (Å²) in [6, 6.07) is 3.99. The Kier molecular flexibility index (Phi) is 2.75. The maximum absolute atomic E-state index is 6.76. The van der Waals surface area contributed by atoms with E-state index in [0.717, 1.165) is 24.1 Å². The quantitative estimate of drug-likeness (QED) is 0.786. The summed E-state index contributed by atoms with van der Waals surface area (Å²) in [5, 5.41) is 0. The second kappa shape index (κ2) is 4.20. The molecular weight excluding hydrogens is 236 g/mol. The van der Waals surface area contributed by atoms with Gasteiger partial charge in [-0.3, -0.25) is 0 Å². The molecule has 0 saturated carbocycles. The van der Waals surface area contributed by atoms with Gasteiger partial charge in [0.1, 0.15) is 0 Å². The monoisotopic (exact) mass is 256 g/mol. The molecule has 100 valence electrons. The number of allylic oxidation sites excluding steroid dienone is 2. The number of hydrogen-bond donors (Lipinski definition) is 1. The van der Waals surface area contributed by atoms with E-state index in [1.807, 2.05) is 6.07 Å². The van der Waals surface area contributed by atoms with Crippen LogP contribution in [0.1, 0.15) is 31.5 Å². The molecule has 0 saturated heterocycles. The Morgan fingerprint density at radius 3 is 2.95 bits per heavy atom. The molecule has 19 heavy (non-hydrogen) atoms. The van der Waals surface area contributed by atoms with E-state index in [0.29, 0.717) is 11.8 Å². The fourth-order valence-electron chi connectivity index (χ4n) is 3.62. The fraction of sp³-hybridized carbons (Fsp3) is 0.438. The molecule has 0 fully saturated rings. The Morgan fingerprint density at radius 2 is 2.26 bits per heavy atom. The lowest BCUT2D eigenvalue weighted by atomic mass is 9.63. The first-order valence-electron chi connectivity index (χ1n) is 6.75. The van der Waals surface area contributed by atoms with Gasteiger partial charge in [-0.2, -0.15) is 0 Å². The van der Waals surface area contributed by atoms with Crippen molar-refractivity contribution in [1.29, 1.82) is 0 Å². The van der Waals surface area contributed by atoms with Gasteiger partial charge in [0.25, 0.3) is 0 Å². The van der Waals surface area contributed by atoms with Crippen LogP contribution >= 0.6 is 0 Å². The average Bonchev–Trinajstić information content (AvgIpc) is 2.37. The summed E-state index contributed by atoms with van der Waals surface area (Å²) in [5.41, 5.74) is 11.3. The SMILES string of the molecule is CC=C1[C@@H]2C=C(C)C[C@@]1(N)c1ccc(OC)nc1C2. The Hall–Kier alpha value is -1.61. The number of rotatable bonds is 1. The summed E-state index contributed by atoms with van der Waals surface area (Å²) < 4.78 is 5.23. The highest BCUT2D eigenvalue weighted by Gasteiger charge is 2.44. The van der Waals surface area contributed by atoms with Gasteiger partial charge in [0.2, 0.25) is 5.88 Å². The fourth-order valence-corrected chi connectivity index (χ4v) is 3.62. The molecular formula is C16H20N2O. The van der Waals surface area contributed by atoms with E-state index in [9.17, 15) is 0 Å². The number of pyridine rings is 1. The molecule has 2 aliphatic carbocycles. The van der Waals surface area contributed by atoms with Gasteiger partial charge in [0.15, 0.2) is 0 Å². The highest BCUT2D eigenvalue weighted by molar-refractivity contribution is 5.49. The lowest BCUT2D eigenvalue weighted by molar-refractivity contribution is 0.380. The second-order valence-corrected chi connectivity index (χ2v) is 5.56. The number of methoxy groups -OCH3 is 1. The molecule has 2 N–H and O–H groups in total. The molecule has 2 bridgehead atoms. The highest BCUT2D eigenvalue weighted by Crippen LogP contribution is 2.48. The summed E-state index contributed by atoms with van der Waals surface area (Å²) >= 11 is 0. The second-order valence-electron chi connectivity index (χ2n) is 5.56. The average molecular weight is 256 g/mol. The minimum Gasteiger partial charge on any atom is -0.481 e. The van der Waals surface area contributed by atoms with Gasteiger partial charge >= 0.3 is 0 Å². The lowest BCUT2D eigenvalue weighted by Crippen LogP contribution is -2.47. The van der Waals surface area contributed by atoms with Crippen molar-refractivity contribution in [3.8, 4) is 5.88 Å². The Bertz CT molecular complexity index is 588. The number of ether oxygens (including phenoxy) is 1. The van der Waals surface area contributed by atoms with Gasteiger partial charge < -0.3 is 10.5 Å². The molecule has 0 spiro atoms. The van der Waals surface area contributed by atoms with Crippen LogP contribution in [0.3, 0.4) is 0 Å². The van der Waals surface area contributed by atoms with Crippen molar-refractivity contribution >= 4 is 0 Å². The van der Waals surface area contributed by atoms with Crippen LogP contribution in [-0.2, 0) is 12.0 Å². The minimum absolute atomic E-state index is 0.384. The first kappa shape index (κ1) is 12.4. The summed E-state index contributed by atoms with van der Waals surface area (Å²) in [6.45, 7) is 4.25. The molecule has 1 aromatic rings. The third-order valence-electron chi connectivity index (χ3n) is 4.32. The van der Waals surface area contributed by atoms with Crippen molar-refractivity contribution in [2.45, 2.75) is 32.2 Å². The van der Waals surface area contributed by atoms with Crippen LogP contribution < -0.4 is 10.5 Å². The number of fused-ring (bicyclic) bond motifs is 4. The number of aromatic nitrogens is 1. The zero-order valence-electron chi connectivity index (χ0n) is 11.7. The molecule has 2 atom stereocenters. The first-order chi connectivity index (χ1) is 9.08. The summed E-state index contributed by atoms with van der Waals surface area (Å²) in [5.74, 6) is 1.06. The van der Waals surface area contributed by atoms with Gasteiger partial charge in [0.05, 0.1) is 18.3 Å². The van der Waals surface area contributed by atoms with E-state index in [4.69, 9.17) is 10.5 Å². The van der Waals surface area contributed by atoms with Crippen molar-refractivity contribution in [3.05, 3.63) is 46.7 Å². The standard InChI is InChI=1S/C16H20N2O/c1-4-12-11-7-10(2)9-16(12,17)13-5-6-15(19-3)18-14(13)8-11/h4-7,11H,8-9,17H2,1-3H3/t11-,16+/m1/s1. The molecule has 3 heteroatoms. The minimum atomic E-state index is -0.384. The predicted molar refractivity (Wildman–Crippen MR) is 76.0 cm³/mol. The van der Waals surface area contributed by atoms with Crippen molar-refractivity contribution in [2.75, 3.05) is 7.11 Å². The Balaban J connectivity index is 2.20. The molecule has 3 nitrogen and oxygen atoms in total. The van der Waals surface area contributed by atoms with E-state index >= 15 is 0 Å². The molecule has 3 rings (SSSR count). The summed E-state index contributed by atoms with van der Waals surface area (Å²) in [7, 11) is 1.65. The maximum Gasteiger partial charge on any atom is 0.213 e. The zero-order valence-corrected chi connectivity index (χ0v) is 11.7. The van der Waals surface area contributed by atoms with Crippen molar-refractivity contribution < 1.29 is 4.74 Å². The molecule has 0 radical (unpaired) electrons. The normalized spacial score (nSPS) is 30.8. The van der Waals surface area contributed by atoms with Gasteiger partial charge in [-0.1, -0.05) is 17.7 Å². The van der Waals surface area contributed by atoms with Crippen LogP contribution in [0.25, 0.3) is 0 Å². The van der Waals surface area contributed by atoms with Crippen LogP contribution in [-0.4, -0.2) is 12.1 Å². The van der Waals surface area contributed by atoms with Gasteiger partial charge in [-0.05, 0) is 37.5 Å². The molecule has 0 amide bonds. The number of nitrogens with two attached hydrogens (primary N) is 1. The third kappa shape index (κ3) is 1.72. The van der Waals surface area contributed by atoms with E-state index in [1.165, 1.54) is 11.1 Å². The Morgan fingerprint density at radius 1 is 1.47 bits per heavy atom. The van der Waals surface area contributed by atoms with Crippen molar-refractivity contribution in [2.24, 2.45) is 11.7 Å². The van der Waals surface area contributed by atoms with Crippen LogP contribution in [0.4, 0.5) is 0 Å². The first-order valence-corrected chi connectivity index (χ1v) is 6.75. The van der Waals surface area contributed by atoms with Gasteiger partial charge in [-0.25, -0.2) is 4.98 Å². The van der Waals surface area contributed by atoms with Crippen molar-refractivity contribution in [3.63, 3.8) is 0 Å². The highest BCUT2D eigenvalue weighted by atomic mass is 16.5. The molecule has 0 aromatic carbocycles. The van der Waals surface area contributed by atoms with Gasteiger partial charge in [0, 0.05) is 18.4 Å². The number of hydrogen-bond acceptors (Lipinski definition) is 3. The molecule has 0 aliphatic heterocycles. The van der Waals surface area contributed by atoms with E-state index < -0.39 is 0 Å². The van der Waals surface area contributed by atoms with Crippen LogP contribution in [0.5, 0.6) is 5.88 Å². The largest absolute Gasteiger partial charge is 0.481 e. The smallest absolute Gasteiger partial charge is 0.213 e. The Labute approximate surface area is 114 Å². The van der Waals surface area contributed by atoms with Crippen molar-refractivity contribution in [1.82, 2.24) is 4.98 Å². The van der Waals surface area contributed by atoms with E-state index in [2.05, 4.69) is 37.0 Å². The number of nitrogens with zero attached hydrogens (tertiary/aromatic N) is 1. The molecule has 1 aromatic heterocycles.